The first kappa shape index (κ1) is 10.6. The summed E-state index contributed by atoms with van der Waals surface area (Å²) in [7, 11) is 1.59. The van der Waals surface area contributed by atoms with E-state index in [4.69, 9.17) is 4.74 Å². The summed E-state index contributed by atoms with van der Waals surface area (Å²) in [5, 5.41) is 9.22. The summed E-state index contributed by atoms with van der Waals surface area (Å²) in [5.74, 6) is 0.696. The average Bonchev–Trinajstić information content (AvgIpc) is 2.39. The maximum Gasteiger partial charge on any atom is 0.124 e. The molecule has 0 radical (unpaired) electrons. The highest BCUT2D eigenvalue weighted by atomic mass is 16.5. The van der Waals surface area contributed by atoms with Gasteiger partial charge in [0.15, 0.2) is 0 Å². The fraction of sp³-hybridized carbons (Fsp3) is 0.154. The number of aliphatic hydroxyl groups is 1. The van der Waals surface area contributed by atoms with Gasteiger partial charge in [0.1, 0.15) is 5.75 Å². The largest absolute Gasteiger partial charge is 0.496 e. The van der Waals surface area contributed by atoms with Crippen molar-refractivity contribution in [3.63, 3.8) is 0 Å². The second kappa shape index (κ2) is 4.77. The molecule has 1 aromatic heterocycles. The SMILES string of the molecule is COc1ccc(-c2ccccn2)cc1CO. The highest BCUT2D eigenvalue weighted by molar-refractivity contribution is 5.61. The van der Waals surface area contributed by atoms with E-state index < -0.39 is 0 Å². The lowest BCUT2D eigenvalue weighted by Gasteiger charge is -2.08. The highest BCUT2D eigenvalue weighted by Gasteiger charge is 2.05. The molecule has 0 spiro atoms. The maximum absolute atomic E-state index is 9.22. The third-order valence-corrected chi connectivity index (χ3v) is 2.41. The fourth-order valence-electron chi connectivity index (χ4n) is 1.59. The number of pyridine rings is 1. The number of ether oxygens (including phenoxy) is 1. The van der Waals surface area contributed by atoms with Crippen molar-refractivity contribution in [2.45, 2.75) is 6.61 Å². The lowest BCUT2D eigenvalue weighted by Crippen LogP contribution is -1.93. The molecular formula is C13H13NO2. The molecule has 0 atom stereocenters. The van der Waals surface area contributed by atoms with Crippen LogP contribution in [0.2, 0.25) is 0 Å². The maximum atomic E-state index is 9.22. The van der Waals surface area contributed by atoms with Crippen molar-refractivity contribution in [3.05, 3.63) is 48.2 Å². The topological polar surface area (TPSA) is 42.4 Å². The van der Waals surface area contributed by atoms with Gasteiger partial charge in [0.2, 0.25) is 0 Å². The Morgan fingerprint density at radius 1 is 1.25 bits per heavy atom. The van der Waals surface area contributed by atoms with E-state index >= 15 is 0 Å². The van der Waals surface area contributed by atoms with Crippen LogP contribution in [-0.2, 0) is 6.61 Å². The molecule has 1 N–H and O–H groups in total. The van der Waals surface area contributed by atoms with Gasteiger partial charge in [-0.1, -0.05) is 6.07 Å². The fourth-order valence-corrected chi connectivity index (χ4v) is 1.59. The van der Waals surface area contributed by atoms with E-state index in [0.717, 1.165) is 16.8 Å². The molecule has 0 aliphatic heterocycles. The monoisotopic (exact) mass is 215 g/mol. The van der Waals surface area contributed by atoms with Gasteiger partial charge in [-0.25, -0.2) is 0 Å². The number of aliphatic hydroxyl groups excluding tert-OH is 1. The van der Waals surface area contributed by atoms with Crippen LogP contribution in [0.4, 0.5) is 0 Å². The zero-order valence-corrected chi connectivity index (χ0v) is 9.05. The van der Waals surface area contributed by atoms with Crippen molar-refractivity contribution in [3.8, 4) is 17.0 Å². The van der Waals surface area contributed by atoms with Crippen molar-refractivity contribution in [1.82, 2.24) is 4.98 Å². The normalized spacial score (nSPS) is 10.1. The molecule has 82 valence electrons. The molecule has 0 amide bonds. The van der Waals surface area contributed by atoms with Crippen LogP contribution in [0.25, 0.3) is 11.3 Å². The Hall–Kier alpha value is -1.87. The molecule has 3 heteroatoms. The predicted molar refractivity (Wildman–Crippen MR) is 62.1 cm³/mol. The number of hydrogen-bond acceptors (Lipinski definition) is 3. The Labute approximate surface area is 94.3 Å². The van der Waals surface area contributed by atoms with Crippen LogP contribution >= 0.6 is 0 Å². The third-order valence-electron chi connectivity index (χ3n) is 2.41. The summed E-state index contributed by atoms with van der Waals surface area (Å²) >= 11 is 0. The Balaban J connectivity index is 2.44. The molecule has 1 aromatic carbocycles. The smallest absolute Gasteiger partial charge is 0.124 e. The zero-order chi connectivity index (χ0) is 11.4. The molecule has 0 saturated carbocycles. The third kappa shape index (κ3) is 2.04. The molecule has 0 aliphatic carbocycles. The summed E-state index contributed by atoms with van der Waals surface area (Å²) in [5.41, 5.74) is 2.64. The molecule has 16 heavy (non-hydrogen) atoms. The standard InChI is InChI=1S/C13H13NO2/c1-16-13-6-5-10(8-11(13)9-15)12-4-2-3-7-14-12/h2-8,15H,9H2,1H3. The minimum Gasteiger partial charge on any atom is -0.496 e. The van der Waals surface area contributed by atoms with Crippen molar-refractivity contribution in [2.24, 2.45) is 0 Å². The molecule has 2 aromatic rings. The van der Waals surface area contributed by atoms with Gasteiger partial charge in [0.25, 0.3) is 0 Å². The lowest BCUT2D eigenvalue weighted by molar-refractivity contribution is 0.274. The predicted octanol–water partition coefficient (Wildman–Crippen LogP) is 2.25. The minimum absolute atomic E-state index is 0.0379. The molecule has 0 aliphatic rings. The van der Waals surface area contributed by atoms with Crippen LogP contribution in [0.15, 0.2) is 42.6 Å². The Kier molecular flexibility index (Phi) is 3.17. The van der Waals surface area contributed by atoms with Crippen LogP contribution in [0.3, 0.4) is 0 Å². The first-order valence-corrected chi connectivity index (χ1v) is 5.04. The second-order valence-corrected chi connectivity index (χ2v) is 3.40. The highest BCUT2D eigenvalue weighted by Crippen LogP contribution is 2.25. The summed E-state index contributed by atoms with van der Waals surface area (Å²) in [6, 6.07) is 11.4. The van der Waals surface area contributed by atoms with Crippen molar-refractivity contribution in [2.75, 3.05) is 7.11 Å². The number of benzene rings is 1. The van der Waals surface area contributed by atoms with Crippen molar-refractivity contribution < 1.29 is 9.84 Å². The van der Waals surface area contributed by atoms with Crippen molar-refractivity contribution in [1.29, 1.82) is 0 Å². The number of rotatable bonds is 3. The van der Waals surface area contributed by atoms with Crippen LogP contribution in [-0.4, -0.2) is 17.2 Å². The van der Waals surface area contributed by atoms with Crippen molar-refractivity contribution >= 4 is 0 Å². The molecule has 0 unspecified atom stereocenters. The van der Waals surface area contributed by atoms with E-state index in [-0.39, 0.29) is 6.61 Å². The van der Waals surface area contributed by atoms with Crippen LogP contribution in [0, 0.1) is 0 Å². The van der Waals surface area contributed by atoms with Gasteiger partial charge in [0, 0.05) is 17.3 Å². The van der Waals surface area contributed by atoms with Gasteiger partial charge in [-0.3, -0.25) is 4.98 Å². The van der Waals surface area contributed by atoms with E-state index in [2.05, 4.69) is 4.98 Å². The lowest BCUT2D eigenvalue weighted by atomic mass is 10.1. The molecule has 3 nitrogen and oxygen atoms in total. The van der Waals surface area contributed by atoms with E-state index in [1.54, 1.807) is 13.3 Å². The van der Waals surface area contributed by atoms with E-state index in [1.165, 1.54) is 0 Å². The first-order valence-electron chi connectivity index (χ1n) is 5.04. The van der Waals surface area contributed by atoms with Crippen LogP contribution in [0.1, 0.15) is 5.56 Å². The van der Waals surface area contributed by atoms with Gasteiger partial charge >= 0.3 is 0 Å². The van der Waals surface area contributed by atoms with Crippen LogP contribution in [0.5, 0.6) is 5.75 Å². The van der Waals surface area contributed by atoms with E-state index in [9.17, 15) is 5.11 Å². The van der Waals surface area contributed by atoms with Gasteiger partial charge in [-0.05, 0) is 30.3 Å². The summed E-state index contributed by atoms with van der Waals surface area (Å²) in [6.45, 7) is -0.0379. The number of hydrogen-bond donors (Lipinski definition) is 1. The first-order chi connectivity index (χ1) is 7.85. The van der Waals surface area contributed by atoms with Gasteiger partial charge < -0.3 is 9.84 Å². The molecular weight excluding hydrogens is 202 g/mol. The number of methoxy groups -OCH3 is 1. The summed E-state index contributed by atoms with van der Waals surface area (Å²) in [6.07, 6.45) is 1.75. The molecule has 2 rings (SSSR count). The van der Waals surface area contributed by atoms with Crippen LogP contribution < -0.4 is 4.74 Å². The Morgan fingerprint density at radius 2 is 2.12 bits per heavy atom. The van der Waals surface area contributed by atoms with E-state index in [0.29, 0.717) is 5.75 Å². The molecule has 0 saturated heterocycles. The summed E-state index contributed by atoms with van der Waals surface area (Å²) in [4.78, 5) is 4.26. The summed E-state index contributed by atoms with van der Waals surface area (Å²) < 4.78 is 5.15. The Morgan fingerprint density at radius 3 is 2.75 bits per heavy atom. The second-order valence-electron chi connectivity index (χ2n) is 3.40. The number of aromatic nitrogens is 1. The quantitative estimate of drug-likeness (QED) is 0.853. The zero-order valence-electron chi connectivity index (χ0n) is 9.05. The number of nitrogens with zero attached hydrogens (tertiary/aromatic N) is 1. The van der Waals surface area contributed by atoms with Gasteiger partial charge in [0.05, 0.1) is 19.4 Å². The molecule has 0 fully saturated rings. The minimum atomic E-state index is -0.0379. The average molecular weight is 215 g/mol. The molecule has 0 bridgehead atoms. The van der Waals surface area contributed by atoms with Gasteiger partial charge in [-0.15, -0.1) is 0 Å². The Bertz CT molecular complexity index is 469. The van der Waals surface area contributed by atoms with E-state index in [1.807, 2.05) is 36.4 Å². The van der Waals surface area contributed by atoms with Gasteiger partial charge in [-0.2, -0.15) is 0 Å². The molecule has 1 heterocycles.